The zero-order valence-electron chi connectivity index (χ0n) is 20.5. The predicted octanol–water partition coefficient (Wildman–Crippen LogP) is 3.10. The van der Waals surface area contributed by atoms with Crippen LogP contribution >= 0.6 is 23.4 Å². The SMILES string of the molecule is CC(=O)N1CCC(C(=O)N(CCCN2CCC(Sc3nnnn3C)CC2)c2cccc(Cl)c2)CC1. The number of hydrogen-bond donors (Lipinski definition) is 0. The van der Waals surface area contributed by atoms with Crippen molar-refractivity contribution in [3.63, 3.8) is 0 Å². The molecule has 0 radical (unpaired) electrons. The molecule has 2 aromatic rings. The number of anilines is 1. The van der Waals surface area contributed by atoms with Gasteiger partial charge in [-0.1, -0.05) is 29.4 Å². The van der Waals surface area contributed by atoms with Gasteiger partial charge in [-0.3, -0.25) is 9.59 Å². The van der Waals surface area contributed by atoms with Crippen LogP contribution in [0.15, 0.2) is 29.4 Å². The number of nitrogens with zero attached hydrogens (tertiary/aromatic N) is 7. The Kier molecular flexibility index (Phi) is 9.02. The molecule has 190 valence electrons. The fourth-order valence-corrected chi connectivity index (χ4v) is 6.05. The first-order valence-corrected chi connectivity index (χ1v) is 13.6. The maximum atomic E-state index is 13.5. The highest BCUT2D eigenvalue weighted by molar-refractivity contribution is 7.99. The van der Waals surface area contributed by atoms with Crippen LogP contribution in [-0.2, 0) is 16.6 Å². The molecule has 0 spiro atoms. The Balaban J connectivity index is 1.29. The molecule has 4 rings (SSSR count). The molecule has 0 atom stereocenters. The van der Waals surface area contributed by atoms with Crippen molar-refractivity contribution in [2.75, 3.05) is 44.2 Å². The van der Waals surface area contributed by atoms with Gasteiger partial charge in [0.05, 0.1) is 0 Å². The van der Waals surface area contributed by atoms with Crippen molar-refractivity contribution in [3.8, 4) is 0 Å². The summed E-state index contributed by atoms with van der Waals surface area (Å²) in [7, 11) is 1.87. The summed E-state index contributed by atoms with van der Waals surface area (Å²) < 4.78 is 1.72. The number of likely N-dealkylation sites (tertiary alicyclic amines) is 2. The molecule has 2 aliphatic rings. The molecule has 3 heterocycles. The zero-order chi connectivity index (χ0) is 24.8. The minimum Gasteiger partial charge on any atom is -0.343 e. The number of aryl methyl sites for hydroxylation is 1. The van der Waals surface area contributed by atoms with Gasteiger partial charge in [-0.25, -0.2) is 4.68 Å². The number of hydrogen-bond acceptors (Lipinski definition) is 7. The summed E-state index contributed by atoms with van der Waals surface area (Å²) >= 11 is 8.02. The largest absolute Gasteiger partial charge is 0.343 e. The number of piperidine rings is 2. The second kappa shape index (κ2) is 12.2. The lowest BCUT2D eigenvalue weighted by Gasteiger charge is -2.35. The average molecular weight is 520 g/mol. The first kappa shape index (κ1) is 25.9. The van der Waals surface area contributed by atoms with Crippen molar-refractivity contribution < 1.29 is 9.59 Å². The van der Waals surface area contributed by atoms with Crippen LogP contribution in [0.25, 0.3) is 0 Å². The third-order valence-electron chi connectivity index (χ3n) is 6.92. The highest BCUT2D eigenvalue weighted by Gasteiger charge is 2.30. The van der Waals surface area contributed by atoms with Gasteiger partial charge in [0.15, 0.2) is 0 Å². The van der Waals surface area contributed by atoms with Crippen molar-refractivity contribution in [1.29, 1.82) is 0 Å². The Morgan fingerprint density at radius 3 is 2.51 bits per heavy atom. The third kappa shape index (κ3) is 6.95. The lowest BCUT2D eigenvalue weighted by molar-refractivity contribution is -0.133. The molecule has 0 unspecified atom stereocenters. The van der Waals surface area contributed by atoms with Gasteiger partial charge in [0.25, 0.3) is 0 Å². The maximum absolute atomic E-state index is 13.5. The van der Waals surface area contributed by atoms with Crippen LogP contribution in [0.1, 0.15) is 39.0 Å². The number of rotatable bonds is 8. The molecule has 0 saturated carbocycles. The van der Waals surface area contributed by atoms with Gasteiger partial charge in [-0.05, 0) is 80.4 Å². The summed E-state index contributed by atoms with van der Waals surface area (Å²) in [6.45, 7) is 6.57. The molecule has 35 heavy (non-hydrogen) atoms. The molecular weight excluding hydrogens is 486 g/mol. The van der Waals surface area contributed by atoms with E-state index in [-0.39, 0.29) is 17.7 Å². The van der Waals surface area contributed by atoms with E-state index in [1.807, 2.05) is 41.1 Å². The van der Waals surface area contributed by atoms with Gasteiger partial charge in [-0.15, -0.1) is 5.10 Å². The van der Waals surface area contributed by atoms with E-state index in [9.17, 15) is 9.59 Å². The quantitative estimate of drug-likeness (QED) is 0.529. The topological polar surface area (TPSA) is 87.5 Å². The summed E-state index contributed by atoms with van der Waals surface area (Å²) in [5.41, 5.74) is 0.851. The summed E-state index contributed by atoms with van der Waals surface area (Å²) in [5, 5.41) is 13.7. The summed E-state index contributed by atoms with van der Waals surface area (Å²) in [6.07, 6.45) is 4.52. The van der Waals surface area contributed by atoms with Crippen molar-refractivity contribution in [1.82, 2.24) is 30.0 Å². The molecule has 2 aliphatic heterocycles. The Hall–Kier alpha value is -2.17. The van der Waals surface area contributed by atoms with Crippen LogP contribution in [0.3, 0.4) is 0 Å². The molecular formula is C24H34ClN7O2S. The van der Waals surface area contributed by atoms with E-state index in [0.29, 0.717) is 42.7 Å². The lowest BCUT2D eigenvalue weighted by Crippen LogP contribution is -2.45. The van der Waals surface area contributed by atoms with Gasteiger partial charge < -0.3 is 14.7 Å². The molecule has 0 N–H and O–H groups in total. The molecule has 2 amide bonds. The van der Waals surface area contributed by atoms with E-state index in [4.69, 9.17) is 11.6 Å². The molecule has 11 heteroatoms. The summed E-state index contributed by atoms with van der Waals surface area (Å²) in [5.74, 6) is 0.160. The van der Waals surface area contributed by atoms with E-state index in [1.54, 1.807) is 23.4 Å². The van der Waals surface area contributed by atoms with Gasteiger partial charge in [0, 0.05) is 55.5 Å². The Morgan fingerprint density at radius 2 is 1.89 bits per heavy atom. The van der Waals surface area contributed by atoms with Crippen LogP contribution in [0.4, 0.5) is 5.69 Å². The Morgan fingerprint density at radius 1 is 1.14 bits per heavy atom. The molecule has 9 nitrogen and oxygen atoms in total. The van der Waals surface area contributed by atoms with E-state index < -0.39 is 0 Å². The number of amides is 2. The molecule has 0 aliphatic carbocycles. The van der Waals surface area contributed by atoms with E-state index >= 15 is 0 Å². The number of thioether (sulfide) groups is 1. The van der Waals surface area contributed by atoms with Crippen LogP contribution in [0.2, 0.25) is 5.02 Å². The molecule has 2 saturated heterocycles. The molecule has 1 aromatic heterocycles. The number of aromatic nitrogens is 4. The molecule has 0 bridgehead atoms. The first-order valence-electron chi connectivity index (χ1n) is 12.3. The number of tetrazole rings is 1. The van der Waals surface area contributed by atoms with Crippen molar-refractivity contribution in [3.05, 3.63) is 29.3 Å². The summed E-state index contributed by atoms with van der Waals surface area (Å²) in [4.78, 5) is 31.4. The number of carbonyl (C=O) groups is 2. The molecule has 1 aromatic carbocycles. The van der Waals surface area contributed by atoms with Crippen molar-refractivity contribution in [2.24, 2.45) is 13.0 Å². The van der Waals surface area contributed by atoms with Crippen LogP contribution < -0.4 is 4.90 Å². The highest BCUT2D eigenvalue weighted by atomic mass is 35.5. The van der Waals surface area contributed by atoms with Crippen molar-refractivity contribution >= 4 is 40.9 Å². The van der Waals surface area contributed by atoms with Crippen LogP contribution in [-0.4, -0.2) is 86.3 Å². The van der Waals surface area contributed by atoms with Crippen LogP contribution in [0, 0.1) is 5.92 Å². The fraction of sp³-hybridized carbons (Fsp3) is 0.625. The number of halogens is 1. The first-order chi connectivity index (χ1) is 16.9. The monoisotopic (exact) mass is 519 g/mol. The summed E-state index contributed by atoms with van der Waals surface area (Å²) in [6, 6.07) is 7.55. The Labute approximate surface area is 216 Å². The number of benzene rings is 1. The van der Waals surface area contributed by atoms with Crippen LogP contribution in [0.5, 0.6) is 0 Å². The van der Waals surface area contributed by atoms with Gasteiger partial charge in [-0.2, -0.15) is 0 Å². The van der Waals surface area contributed by atoms with E-state index in [2.05, 4.69) is 20.4 Å². The second-order valence-corrected chi connectivity index (χ2v) is 11.1. The maximum Gasteiger partial charge on any atom is 0.230 e. The fourth-order valence-electron chi connectivity index (χ4n) is 4.85. The number of carbonyl (C=O) groups excluding carboxylic acids is 2. The minimum atomic E-state index is -0.0625. The molecule has 2 fully saturated rings. The predicted molar refractivity (Wildman–Crippen MR) is 138 cm³/mol. The van der Waals surface area contributed by atoms with Crippen molar-refractivity contribution in [2.45, 2.75) is 49.4 Å². The Bertz CT molecular complexity index is 1000. The minimum absolute atomic E-state index is 0.0625. The standard InChI is InChI=1S/C24H34ClN7O2S/c1-18(33)31-15-7-19(8-16-31)23(34)32(21-6-3-5-20(25)17-21)12-4-11-30-13-9-22(10-14-30)35-24-26-27-28-29(24)2/h3,5-6,17,19,22H,4,7-16H2,1-2H3. The average Bonchev–Trinajstić information content (AvgIpc) is 3.26. The highest BCUT2D eigenvalue weighted by Crippen LogP contribution is 2.29. The van der Waals surface area contributed by atoms with Gasteiger partial charge in [0.2, 0.25) is 17.0 Å². The second-order valence-electron chi connectivity index (χ2n) is 9.35. The normalized spacial score (nSPS) is 18.1. The van der Waals surface area contributed by atoms with E-state index in [0.717, 1.165) is 49.7 Å². The zero-order valence-corrected chi connectivity index (χ0v) is 22.0. The van der Waals surface area contributed by atoms with Gasteiger partial charge >= 0.3 is 0 Å². The van der Waals surface area contributed by atoms with E-state index in [1.165, 1.54) is 0 Å². The third-order valence-corrected chi connectivity index (χ3v) is 8.52. The van der Waals surface area contributed by atoms with Gasteiger partial charge in [0.1, 0.15) is 0 Å². The smallest absolute Gasteiger partial charge is 0.230 e. The lowest BCUT2D eigenvalue weighted by atomic mass is 9.94.